The van der Waals surface area contributed by atoms with Gasteiger partial charge in [-0.2, -0.15) is 0 Å². The second-order valence-electron chi connectivity index (χ2n) is 3.15. The zero-order valence-electron chi connectivity index (χ0n) is 9.17. The second-order valence-corrected chi connectivity index (χ2v) is 4.21. The zero-order chi connectivity index (χ0) is 12.1. The molecular weight excluding hydrogens is 238 g/mol. The molecule has 0 atom stereocenters. The first-order valence-electron chi connectivity index (χ1n) is 5.09. The molecule has 17 heavy (non-hydrogen) atoms. The zero-order valence-corrected chi connectivity index (χ0v) is 9.99. The Balaban J connectivity index is 1.93. The molecule has 0 aliphatic rings. The number of anilines is 2. The first-order chi connectivity index (χ1) is 8.28. The van der Waals surface area contributed by atoms with Crippen LogP contribution in [0.15, 0.2) is 24.4 Å². The van der Waals surface area contributed by atoms with Crippen LogP contribution in [0, 0.1) is 0 Å². The van der Waals surface area contributed by atoms with Gasteiger partial charge in [0.1, 0.15) is 10.8 Å². The van der Waals surface area contributed by atoms with Gasteiger partial charge in [-0.15, -0.1) is 10.2 Å². The van der Waals surface area contributed by atoms with Crippen LogP contribution in [0.25, 0.3) is 0 Å². The van der Waals surface area contributed by atoms with Crippen molar-refractivity contribution in [1.29, 1.82) is 0 Å². The molecule has 2 rings (SSSR count). The number of hydrogen-bond donors (Lipinski definition) is 2. The summed E-state index contributed by atoms with van der Waals surface area (Å²) in [6.07, 6.45) is 2.41. The largest absolute Gasteiger partial charge is 0.326 e. The summed E-state index contributed by atoms with van der Waals surface area (Å²) in [5.74, 6) is 0.491. The molecule has 0 spiro atoms. The van der Waals surface area contributed by atoms with Crippen LogP contribution in [0.3, 0.4) is 0 Å². The molecule has 6 nitrogen and oxygen atoms in total. The third kappa shape index (κ3) is 3.22. The van der Waals surface area contributed by atoms with Gasteiger partial charge in [0.15, 0.2) is 0 Å². The van der Waals surface area contributed by atoms with Gasteiger partial charge in [0.25, 0.3) is 0 Å². The summed E-state index contributed by atoms with van der Waals surface area (Å²) < 4.78 is 0. The maximum atomic E-state index is 11.6. The van der Waals surface area contributed by atoms with E-state index < -0.39 is 0 Å². The van der Waals surface area contributed by atoms with Crippen LogP contribution in [-0.4, -0.2) is 21.2 Å². The maximum absolute atomic E-state index is 11.6. The third-order valence-corrected chi connectivity index (χ3v) is 2.88. The third-order valence-electron chi connectivity index (χ3n) is 1.90. The SMILES string of the molecule is CCc1nnc(NC(=O)Nc2ccccn2)s1. The number of aromatic nitrogens is 3. The summed E-state index contributed by atoms with van der Waals surface area (Å²) in [7, 11) is 0. The Morgan fingerprint density at radius 1 is 1.35 bits per heavy atom. The number of carbonyl (C=O) groups excluding carboxylic acids is 1. The van der Waals surface area contributed by atoms with Crippen molar-refractivity contribution in [1.82, 2.24) is 15.2 Å². The molecule has 0 radical (unpaired) electrons. The van der Waals surface area contributed by atoms with E-state index in [9.17, 15) is 4.79 Å². The van der Waals surface area contributed by atoms with Crippen molar-refractivity contribution in [2.24, 2.45) is 0 Å². The number of pyridine rings is 1. The normalized spacial score (nSPS) is 9.94. The molecule has 88 valence electrons. The average molecular weight is 249 g/mol. The molecule has 0 aliphatic heterocycles. The van der Waals surface area contributed by atoms with Crippen molar-refractivity contribution < 1.29 is 4.79 Å². The topological polar surface area (TPSA) is 79.8 Å². The molecular formula is C10H11N5OS. The van der Waals surface area contributed by atoms with Crippen molar-refractivity contribution in [3.05, 3.63) is 29.4 Å². The van der Waals surface area contributed by atoms with E-state index >= 15 is 0 Å². The van der Waals surface area contributed by atoms with Crippen LogP contribution in [0.5, 0.6) is 0 Å². The molecule has 0 saturated carbocycles. The summed E-state index contributed by atoms with van der Waals surface area (Å²) >= 11 is 1.36. The first kappa shape index (κ1) is 11.5. The Kier molecular flexibility index (Phi) is 3.61. The number of nitrogens with one attached hydrogen (secondary N) is 2. The highest BCUT2D eigenvalue weighted by Crippen LogP contribution is 2.15. The highest BCUT2D eigenvalue weighted by molar-refractivity contribution is 7.15. The highest BCUT2D eigenvalue weighted by Gasteiger charge is 2.07. The van der Waals surface area contributed by atoms with Crippen molar-refractivity contribution in [3.63, 3.8) is 0 Å². The van der Waals surface area contributed by atoms with Crippen LogP contribution in [0.4, 0.5) is 15.7 Å². The monoisotopic (exact) mass is 249 g/mol. The quantitative estimate of drug-likeness (QED) is 0.873. The van der Waals surface area contributed by atoms with E-state index in [0.717, 1.165) is 11.4 Å². The lowest BCUT2D eigenvalue weighted by Gasteiger charge is -2.02. The van der Waals surface area contributed by atoms with Crippen LogP contribution in [0.2, 0.25) is 0 Å². The fraction of sp³-hybridized carbons (Fsp3) is 0.200. The standard InChI is InChI=1S/C10H11N5OS/c1-2-8-14-15-10(17-8)13-9(16)12-7-5-3-4-6-11-7/h3-6H,2H2,1H3,(H2,11,12,13,15,16). The molecule has 2 N–H and O–H groups in total. The Bertz CT molecular complexity index is 498. The number of nitrogens with zero attached hydrogens (tertiary/aromatic N) is 3. The van der Waals surface area contributed by atoms with E-state index in [0.29, 0.717) is 10.9 Å². The van der Waals surface area contributed by atoms with Crippen LogP contribution < -0.4 is 10.6 Å². The van der Waals surface area contributed by atoms with Crippen LogP contribution >= 0.6 is 11.3 Å². The minimum absolute atomic E-state index is 0.373. The predicted molar refractivity (Wildman–Crippen MR) is 66.2 cm³/mol. The fourth-order valence-corrected chi connectivity index (χ4v) is 1.80. The molecule has 2 aromatic heterocycles. The van der Waals surface area contributed by atoms with Crippen LogP contribution in [-0.2, 0) is 6.42 Å². The Hall–Kier alpha value is -2.02. The number of hydrogen-bond acceptors (Lipinski definition) is 5. The van der Waals surface area contributed by atoms with Gasteiger partial charge >= 0.3 is 6.03 Å². The minimum atomic E-state index is -0.373. The van der Waals surface area contributed by atoms with Gasteiger partial charge < -0.3 is 0 Å². The van der Waals surface area contributed by atoms with Gasteiger partial charge in [-0.05, 0) is 18.6 Å². The number of carbonyl (C=O) groups is 1. The summed E-state index contributed by atoms with van der Waals surface area (Å²) in [6, 6.07) is 4.91. The number of amides is 2. The Morgan fingerprint density at radius 2 is 2.24 bits per heavy atom. The lowest BCUT2D eigenvalue weighted by atomic mass is 10.5. The summed E-state index contributed by atoms with van der Waals surface area (Å²) in [4.78, 5) is 15.5. The van der Waals surface area contributed by atoms with Gasteiger partial charge in [0, 0.05) is 6.20 Å². The van der Waals surface area contributed by atoms with Crippen molar-refractivity contribution >= 4 is 28.3 Å². The molecule has 0 fully saturated rings. The molecule has 0 aliphatic carbocycles. The lowest BCUT2D eigenvalue weighted by molar-refractivity contribution is 0.262. The summed E-state index contributed by atoms with van der Waals surface area (Å²) in [6.45, 7) is 1.98. The van der Waals surface area contributed by atoms with E-state index in [2.05, 4.69) is 25.8 Å². The smallest absolute Gasteiger partial charge is 0.292 e. The minimum Gasteiger partial charge on any atom is -0.292 e. The molecule has 2 heterocycles. The summed E-state index contributed by atoms with van der Waals surface area (Å²) in [5.41, 5.74) is 0. The summed E-state index contributed by atoms with van der Waals surface area (Å²) in [5, 5.41) is 14.3. The van der Waals surface area contributed by atoms with Crippen molar-refractivity contribution in [3.8, 4) is 0 Å². The predicted octanol–water partition coefficient (Wildman–Crippen LogP) is 2.14. The van der Waals surface area contributed by atoms with E-state index in [-0.39, 0.29) is 6.03 Å². The van der Waals surface area contributed by atoms with E-state index in [1.165, 1.54) is 11.3 Å². The first-order valence-corrected chi connectivity index (χ1v) is 5.91. The van der Waals surface area contributed by atoms with Gasteiger partial charge in [-0.3, -0.25) is 10.6 Å². The number of urea groups is 1. The van der Waals surface area contributed by atoms with Crippen LogP contribution in [0.1, 0.15) is 11.9 Å². The molecule has 0 unspecified atom stereocenters. The number of aryl methyl sites for hydroxylation is 1. The second kappa shape index (κ2) is 5.35. The molecule has 2 amide bonds. The lowest BCUT2D eigenvalue weighted by Crippen LogP contribution is -2.19. The van der Waals surface area contributed by atoms with Gasteiger partial charge in [-0.1, -0.05) is 24.3 Å². The fourth-order valence-electron chi connectivity index (χ4n) is 1.13. The van der Waals surface area contributed by atoms with E-state index in [4.69, 9.17) is 0 Å². The van der Waals surface area contributed by atoms with Gasteiger partial charge in [0.2, 0.25) is 5.13 Å². The van der Waals surface area contributed by atoms with E-state index in [1.807, 2.05) is 6.92 Å². The highest BCUT2D eigenvalue weighted by atomic mass is 32.1. The molecule has 2 aromatic rings. The van der Waals surface area contributed by atoms with E-state index in [1.54, 1.807) is 24.4 Å². The molecule has 0 saturated heterocycles. The molecule has 0 aromatic carbocycles. The average Bonchev–Trinajstić information content (AvgIpc) is 2.78. The maximum Gasteiger partial charge on any atom is 0.326 e. The number of rotatable bonds is 3. The Morgan fingerprint density at radius 3 is 2.88 bits per heavy atom. The van der Waals surface area contributed by atoms with Crippen molar-refractivity contribution in [2.75, 3.05) is 10.6 Å². The molecule has 7 heteroatoms. The molecule has 0 bridgehead atoms. The van der Waals surface area contributed by atoms with Gasteiger partial charge in [-0.25, -0.2) is 9.78 Å². The Labute approximate surface area is 102 Å². The van der Waals surface area contributed by atoms with Gasteiger partial charge in [0.05, 0.1) is 0 Å². The van der Waals surface area contributed by atoms with Crippen molar-refractivity contribution in [2.45, 2.75) is 13.3 Å².